The molecule has 0 spiro atoms. The van der Waals surface area contributed by atoms with Gasteiger partial charge in [0.15, 0.2) is 23.0 Å². The third-order valence-corrected chi connectivity index (χ3v) is 8.80. The average Bonchev–Trinajstić information content (AvgIpc) is 3.62. The van der Waals surface area contributed by atoms with Gasteiger partial charge in [-0.2, -0.15) is 0 Å². The highest BCUT2D eigenvalue weighted by atomic mass is 16.5. The van der Waals surface area contributed by atoms with Crippen LogP contribution in [0.15, 0.2) is 52.8 Å². The molecule has 4 aliphatic heterocycles. The Morgan fingerprint density at radius 3 is 2.02 bits per heavy atom. The van der Waals surface area contributed by atoms with E-state index in [0.29, 0.717) is 65.1 Å². The second-order valence-corrected chi connectivity index (χ2v) is 12.0. The van der Waals surface area contributed by atoms with Crippen molar-refractivity contribution in [1.29, 1.82) is 0 Å². The fourth-order valence-electron chi connectivity index (χ4n) is 6.39. The first-order valence-corrected chi connectivity index (χ1v) is 16.3. The predicted octanol–water partition coefficient (Wildman–Crippen LogP) is 6.08. The topological polar surface area (TPSA) is 113 Å². The number of hydrogen-bond donors (Lipinski definition) is 1. The van der Waals surface area contributed by atoms with Gasteiger partial charge >= 0.3 is 0 Å². The van der Waals surface area contributed by atoms with Crippen LogP contribution in [0.3, 0.4) is 0 Å². The summed E-state index contributed by atoms with van der Waals surface area (Å²) in [5.74, 6) is 1.76. The molecule has 2 aromatic rings. The number of carbonyl (C=O) groups excluding carboxylic acids is 2. The van der Waals surface area contributed by atoms with E-state index in [2.05, 4.69) is 4.99 Å². The van der Waals surface area contributed by atoms with Crippen LogP contribution in [0.5, 0.6) is 23.0 Å². The molecule has 0 aromatic heterocycles. The largest absolute Gasteiger partial charge is 0.493 e. The lowest BCUT2D eigenvalue weighted by Crippen LogP contribution is -2.46. The first-order valence-electron chi connectivity index (χ1n) is 16.3. The number of aliphatic hydroxyl groups excluding tert-OH is 1. The Hall–Kier alpha value is -4.51. The Labute approximate surface area is 277 Å². The smallest absolute Gasteiger partial charge is 0.260 e. The van der Waals surface area contributed by atoms with Gasteiger partial charge in [-0.05, 0) is 58.1 Å². The fourth-order valence-corrected chi connectivity index (χ4v) is 6.39. The van der Waals surface area contributed by atoms with Gasteiger partial charge in [-0.15, -0.1) is 0 Å². The maximum Gasteiger partial charge on any atom is 0.260 e. The van der Waals surface area contributed by atoms with E-state index >= 15 is 0 Å². The Balaban J connectivity index is 0.00000213. The first kappa shape index (κ1) is 33.8. The second-order valence-electron chi connectivity index (χ2n) is 12.0. The lowest BCUT2D eigenvalue weighted by molar-refractivity contribution is 0.0590. The van der Waals surface area contributed by atoms with Crippen LogP contribution in [-0.2, 0) is 0 Å². The Bertz CT molecular complexity index is 1600. The monoisotopic (exact) mass is 646 g/mol. The molecule has 2 aromatic carbocycles. The molecule has 4 aliphatic rings. The minimum atomic E-state index is -0.852. The number of ether oxygens (including phenoxy) is 4. The van der Waals surface area contributed by atoms with Gasteiger partial charge in [0, 0.05) is 37.8 Å². The van der Waals surface area contributed by atoms with Gasteiger partial charge < -0.3 is 38.8 Å². The number of aliphatic hydroxyl groups is 1. The van der Waals surface area contributed by atoms with E-state index < -0.39 is 6.23 Å². The molecule has 11 heteroatoms. The number of methoxy groups -OCH3 is 2. The van der Waals surface area contributed by atoms with Crippen molar-refractivity contribution in [2.75, 3.05) is 39.4 Å². The van der Waals surface area contributed by atoms with Crippen LogP contribution in [0.2, 0.25) is 0 Å². The van der Waals surface area contributed by atoms with Crippen molar-refractivity contribution >= 4 is 29.4 Å². The molecule has 2 amide bonds. The summed E-state index contributed by atoms with van der Waals surface area (Å²) in [5.41, 5.74) is 4.33. The number of nitrogens with zero attached hydrogens (tertiary/aromatic N) is 4. The molecule has 4 heterocycles. The van der Waals surface area contributed by atoms with E-state index in [9.17, 15) is 14.7 Å². The number of benzene rings is 2. The summed E-state index contributed by atoms with van der Waals surface area (Å²) < 4.78 is 23.3. The van der Waals surface area contributed by atoms with Crippen molar-refractivity contribution in [2.24, 2.45) is 4.99 Å². The lowest BCUT2D eigenvalue weighted by Gasteiger charge is -2.31. The Kier molecular flexibility index (Phi) is 10.4. The van der Waals surface area contributed by atoms with Crippen molar-refractivity contribution in [2.45, 2.75) is 78.1 Å². The lowest BCUT2D eigenvalue weighted by atomic mass is 10.1. The van der Waals surface area contributed by atoms with Crippen LogP contribution in [0.1, 0.15) is 80.5 Å². The van der Waals surface area contributed by atoms with E-state index in [1.54, 1.807) is 60.2 Å². The summed E-state index contributed by atoms with van der Waals surface area (Å²) in [4.78, 5) is 36.3. The molecule has 252 valence electrons. The van der Waals surface area contributed by atoms with Gasteiger partial charge in [-0.3, -0.25) is 14.6 Å². The van der Waals surface area contributed by atoms with E-state index in [1.165, 1.54) is 0 Å². The van der Waals surface area contributed by atoms with Crippen molar-refractivity contribution in [3.05, 3.63) is 58.9 Å². The molecule has 11 nitrogen and oxygen atoms in total. The van der Waals surface area contributed by atoms with Crippen molar-refractivity contribution < 1.29 is 33.6 Å². The van der Waals surface area contributed by atoms with Gasteiger partial charge in [-0.1, -0.05) is 25.0 Å². The molecule has 6 rings (SSSR count). The first-order chi connectivity index (χ1) is 22.7. The number of aliphatic imine (C=N–C) groups is 1. The number of likely N-dealkylation sites (N-methyl/N-ethyl adjacent to an activating group) is 1. The number of rotatable bonds is 10. The molecule has 0 saturated heterocycles. The second kappa shape index (κ2) is 14.5. The number of carbonyl (C=O) groups is 2. The highest BCUT2D eigenvalue weighted by Crippen LogP contribution is 2.41. The number of fused-ring (bicyclic) bond motifs is 4. The number of amides is 2. The van der Waals surface area contributed by atoms with Crippen LogP contribution in [0, 0.1) is 0 Å². The van der Waals surface area contributed by atoms with Gasteiger partial charge in [0.25, 0.3) is 11.8 Å². The quantitative estimate of drug-likeness (QED) is 0.309. The van der Waals surface area contributed by atoms with Gasteiger partial charge in [0.1, 0.15) is 6.23 Å². The maximum atomic E-state index is 13.4. The van der Waals surface area contributed by atoms with Crippen LogP contribution < -0.4 is 23.8 Å². The zero-order chi connectivity index (χ0) is 33.8. The van der Waals surface area contributed by atoms with Crippen molar-refractivity contribution in [1.82, 2.24) is 9.80 Å². The highest BCUT2D eigenvalue weighted by molar-refractivity contribution is 6.04. The van der Waals surface area contributed by atoms with Gasteiger partial charge in [0.2, 0.25) is 0 Å². The molecule has 3 unspecified atom stereocenters. The minimum absolute atomic E-state index is 0.0669. The molecule has 0 aliphatic carbocycles. The predicted molar refractivity (Wildman–Crippen MR) is 181 cm³/mol. The molecule has 0 bridgehead atoms. The zero-order valence-corrected chi connectivity index (χ0v) is 28.4. The number of unbranched alkanes of at least 4 members (excludes halogenated alkanes) is 2. The van der Waals surface area contributed by atoms with Crippen LogP contribution in [0.4, 0.5) is 11.4 Å². The number of hydrogen-bond acceptors (Lipinski definition) is 9. The van der Waals surface area contributed by atoms with E-state index in [0.717, 1.165) is 36.8 Å². The molecule has 1 N–H and O–H groups in total. The Morgan fingerprint density at radius 1 is 0.787 bits per heavy atom. The number of anilines is 1. The molecule has 0 fully saturated rings. The zero-order valence-electron chi connectivity index (χ0n) is 28.4. The molecule has 0 radical (unpaired) electrons. The third-order valence-electron chi connectivity index (χ3n) is 8.80. The van der Waals surface area contributed by atoms with Crippen LogP contribution in [0.25, 0.3) is 0 Å². The molecular formula is C36H46N4O7. The maximum absolute atomic E-state index is 13.4. The summed E-state index contributed by atoms with van der Waals surface area (Å²) in [6, 6.07) is 6.55. The van der Waals surface area contributed by atoms with Gasteiger partial charge in [0.05, 0.1) is 62.0 Å². The summed E-state index contributed by atoms with van der Waals surface area (Å²) in [6.07, 6.45) is 8.48. The third kappa shape index (κ3) is 6.67. The highest BCUT2D eigenvalue weighted by Gasteiger charge is 2.41. The summed E-state index contributed by atoms with van der Waals surface area (Å²) in [5, 5.41) is 11.0. The minimum Gasteiger partial charge on any atom is -0.493 e. The standard InChI is InChI=1S/C34H40N4O7.C2H6/c1-20-11-22-17-35-25-15-30(28(42-4)13-23(25)32(39)37(22)18-20)44-9-7-6-8-10-45-31-16-26-24(14-29(31)43-5)33(40)38-19-21(2)12-27(38)34(41)36(26)3;1-2/h13-19,22,27,34,41H,6-12H2,1-5H3;1-2H3. The Morgan fingerprint density at radius 2 is 1.36 bits per heavy atom. The van der Waals surface area contributed by atoms with Gasteiger partial charge in [-0.25, -0.2) is 0 Å². The normalized spacial score (nSPS) is 20.9. The van der Waals surface area contributed by atoms with Crippen LogP contribution >= 0.6 is 0 Å². The fraction of sp³-hybridized carbons (Fsp3) is 0.472. The van der Waals surface area contributed by atoms with E-state index in [-0.39, 0.29) is 23.9 Å². The summed E-state index contributed by atoms with van der Waals surface area (Å²) in [7, 11) is 4.90. The van der Waals surface area contributed by atoms with Crippen LogP contribution in [-0.4, -0.2) is 85.7 Å². The molecule has 47 heavy (non-hydrogen) atoms. The SMILES string of the molecule is CC.COc1cc2c(cc1OCCCCCOc1cc3c(cc1OC)C(=O)N1C=C(C)CC1C(O)N3C)N=CC1CC(C)=CN1C2=O. The van der Waals surface area contributed by atoms with Crippen molar-refractivity contribution in [3.63, 3.8) is 0 Å². The average molecular weight is 647 g/mol. The van der Waals surface area contributed by atoms with E-state index in [4.69, 9.17) is 18.9 Å². The summed E-state index contributed by atoms with van der Waals surface area (Å²) in [6.45, 7) is 8.88. The molecule has 3 atom stereocenters. The van der Waals surface area contributed by atoms with E-state index in [1.807, 2.05) is 46.3 Å². The molecule has 0 saturated carbocycles. The van der Waals surface area contributed by atoms with Crippen molar-refractivity contribution in [3.8, 4) is 23.0 Å². The molecular weight excluding hydrogens is 600 g/mol. The summed E-state index contributed by atoms with van der Waals surface area (Å²) >= 11 is 0.